The van der Waals surface area contributed by atoms with Crippen LogP contribution < -0.4 is 5.73 Å². The summed E-state index contributed by atoms with van der Waals surface area (Å²) in [7, 11) is 0. The van der Waals surface area contributed by atoms with Gasteiger partial charge < -0.3 is 5.73 Å². The van der Waals surface area contributed by atoms with Crippen molar-refractivity contribution in [1.82, 2.24) is 0 Å². The second-order valence-corrected chi connectivity index (χ2v) is 5.16. The molecule has 2 N–H and O–H groups in total. The van der Waals surface area contributed by atoms with Gasteiger partial charge in [0.15, 0.2) is 0 Å². The molecule has 2 nitrogen and oxygen atoms in total. The molecule has 2 aromatic rings. The molecule has 128 valence electrons. The number of alkyl halides is 6. The lowest BCUT2D eigenvalue weighted by Gasteiger charge is -2.16. The lowest BCUT2D eigenvalue weighted by molar-refractivity contribution is -0.143. The summed E-state index contributed by atoms with van der Waals surface area (Å²) >= 11 is 0. The number of carbonyl (C=O) groups is 1. The average molecular weight is 347 g/mol. The molecule has 0 saturated carbocycles. The highest BCUT2D eigenvalue weighted by Gasteiger charge is 2.37. The van der Waals surface area contributed by atoms with Gasteiger partial charge in [-0.25, -0.2) is 0 Å². The molecule has 0 aliphatic carbocycles. The number of halogens is 6. The monoisotopic (exact) mass is 347 g/mol. The van der Waals surface area contributed by atoms with Gasteiger partial charge in [-0.2, -0.15) is 26.3 Å². The van der Waals surface area contributed by atoms with E-state index in [9.17, 15) is 31.1 Å². The lowest BCUT2D eigenvalue weighted by Crippen LogP contribution is -2.15. The highest BCUT2D eigenvalue weighted by Crippen LogP contribution is 2.39. The Hall–Kier alpha value is -2.51. The number of primary amides is 1. The Bertz CT molecular complexity index is 760. The number of aryl methyl sites for hydroxylation is 1. The van der Waals surface area contributed by atoms with Crippen LogP contribution in [0.5, 0.6) is 0 Å². The first-order valence-electron chi connectivity index (χ1n) is 6.60. The van der Waals surface area contributed by atoms with Crippen LogP contribution in [0.15, 0.2) is 36.4 Å². The Balaban J connectivity index is 2.81. The van der Waals surface area contributed by atoms with Crippen molar-refractivity contribution in [2.24, 2.45) is 5.73 Å². The van der Waals surface area contributed by atoms with Gasteiger partial charge in [-0.15, -0.1) is 0 Å². The summed E-state index contributed by atoms with van der Waals surface area (Å²) in [6.45, 7) is 1.49. The van der Waals surface area contributed by atoms with Crippen molar-refractivity contribution in [3.63, 3.8) is 0 Å². The van der Waals surface area contributed by atoms with Crippen LogP contribution in [0, 0.1) is 6.92 Å². The molecule has 0 radical (unpaired) electrons. The van der Waals surface area contributed by atoms with Crippen molar-refractivity contribution in [3.8, 4) is 11.1 Å². The maximum atomic E-state index is 12.9. The fraction of sp³-hybridized carbons (Fsp3) is 0.188. The first-order chi connectivity index (χ1) is 10.9. The molecular formula is C16H11F6NO. The van der Waals surface area contributed by atoms with Gasteiger partial charge in [0, 0.05) is 5.56 Å². The predicted octanol–water partition coefficient (Wildman–Crippen LogP) is 4.80. The Morgan fingerprint density at radius 3 is 1.83 bits per heavy atom. The van der Waals surface area contributed by atoms with Gasteiger partial charge in [-0.3, -0.25) is 4.79 Å². The number of rotatable bonds is 2. The zero-order valence-electron chi connectivity index (χ0n) is 12.2. The first kappa shape index (κ1) is 17.8. The zero-order chi connectivity index (χ0) is 18.3. The summed E-state index contributed by atoms with van der Waals surface area (Å²) in [6.07, 6.45) is -9.93. The predicted molar refractivity (Wildman–Crippen MR) is 75.1 cm³/mol. The van der Waals surface area contributed by atoms with Crippen molar-refractivity contribution in [1.29, 1.82) is 0 Å². The number of hydrogen-bond donors (Lipinski definition) is 1. The molecule has 1 amide bonds. The van der Waals surface area contributed by atoms with Gasteiger partial charge >= 0.3 is 12.4 Å². The van der Waals surface area contributed by atoms with Gasteiger partial charge in [0.2, 0.25) is 5.91 Å². The highest BCUT2D eigenvalue weighted by molar-refractivity contribution is 6.01. The Labute approximate surface area is 132 Å². The number of nitrogens with two attached hydrogens (primary N) is 1. The Morgan fingerprint density at radius 2 is 1.42 bits per heavy atom. The van der Waals surface area contributed by atoms with Crippen LogP contribution in [0.25, 0.3) is 11.1 Å². The summed E-state index contributed by atoms with van der Waals surface area (Å²) < 4.78 is 77.6. The molecule has 0 bridgehead atoms. The third kappa shape index (κ3) is 3.52. The van der Waals surface area contributed by atoms with E-state index in [4.69, 9.17) is 5.73 Å². The van der Waals surface area contributed by atoms with Gasteiger partial charge in [0.05, 0.1) is 11.1 Å². The molecule has 0 heterocycles. The molecule has 8 heteroatoms. The molecular weight excluding hydrogens is 336 g/mol. The molecule has 0 aliphatic rings. The SMILES string of the molecule is Cc1cccc(-c2cc(C(F)(F)F)cc(C(F)(F)F)c2)c1C(N)=O. The number of carbonyl (C=O) groups excluding carboxylic acids is 1. The number of amides is 1. The van der Waals surface area contributed by atoms with Crippen LogP contribution in [-0.4, -0.2) is 5.91 Å². The molecule has 0 aromatic heterocycles. The van der Waals surface area contributed by atoms with Crippen molar-refractivity contribution in [2.45, 2.75) is 19.3 Å². The van der Waals surface area contributed by atoms with E-state index in [1.165, 1.54) is 25.1 Å². The van der Waals surface area contributed by atoms with Crippen molar-refractivity contribution in [3.05, 3.63) is 58.7 Å². The van der Waals surface area contributed by atoms with E-state index in [0.717, 1.165) is 0 Å². The Kier molecular flexibility index (Phi) is 4.34. The third-order valence-electron chi connectivity index (χ3n) is 3.42. The second-order valence-electron chi connectivity index (χ2n) is 5.16. The van der Waals surface area contributed by atoms with Gasteiger partial charge in [0.1, 0.15) is 0 Å². The van der Waals surface area contributed by atoms with Crippen molar-refractivity contribution in [2.75, 3.05) is 0 Å². The minimum Gasteiger partial charge on any atom is -0.366 e. The summed E-state index contributed by atoms with van der Waals surface area (Å²) in [5.74, 6) is -0.936. The van der Waals surface area contributed by atoms with Gasteiger partial charge in [-0.1, -0.05) is 18.2 Å². The van der Waals surface area contributed by atoms with Crippen LogP contribution in [0.4, 0.5) is 26.3 Å². The van der Waals surface area contributed by atoms with E-state index in [2.05, 4.69) is 0 Å². The smallest absolute Gasteiger partial charge is 0.366 e. The van der Waals surface area contributed by atoms with E-state index < -0.39 is 29.4 Å². The fourth-order valence-electron chi connectivity index (χ4n) is 2.35. The molecule has 0 fully saturated rings. The van der Waals surface area contributed by atoms with Crippen LogP contribution in [0.1, 0.15) is 27.0 Å². The molecule has 2 aromatic carbocycles. The molecule has 0 atom stereocenters. The quantitative estimate of drug-likeness (QED) is 0.779. The standard InChI is InChI=1S/C16H11F6NO/c1-8-3-2-4-12(13(8)14(23)24)9-5-10(15(17,18)19)7-11(6-9)16(20,21)22/h2-7H,1H3,(H2,23,24). The topological polar surface area (TPSA) is 43.1 Å². The summed E-state index contributed by atoms with van der Waals surface area (Å²) in [6, 6.07) is 5.32. The zero-order valence-corrected chi connectivity index (χ0v) is 12.2. The van der Waals surface area contributed by atoms with Gasteiger partial charge in [-0.05, 0) is 41.8 Å². The molecule has 0 spiro atoms. The lowest BCUT2D eigenvalue weighted by atomic mass is 9.93. The van der Waals surface area contributed by atoms with E-state index in [0.29, 0.717) is 17.7 Å². The largest absolute Gasteiger partial charge is 0.416 e. The molecule has 0 saturated heterocycles. The van der Waals surface area contributed by atoms with Gasteiger partial charge in [0.25, 0.3) is 0 Å². The van der Waals surface area contributed by atoms with Crippen LogP contribution in [0.3, 0.4) is 0 Å². The van der Waals surface area contributed by atoms with Crippen LogP contribution in [0.2, 0.25) is 0 Å². The maximum absolute atomic E-state index is 12.9. The van der Waals surface area contributed by atoms with E-state index in [1.54, 1.807) is 0 Å². The third-order valence-corrected chi connectivity index (χ3v) is 3.42. The average Bonchev–Trinajstić information content (AvgIpc) is 2.44. The minimum absolute atomic E-state index is 0.0310. The van der Waals surface area contributed by atoms with Crippen LogP contribution in [-0.2, 0) is 12.4 Å². The number of benzene rings is 2. The van der Waals surface area contributed by atoms with Crippen molar-refractivity contribution < 1.29 is 31.1 Å². The highest BCUT2D eigenvalue weighted by atomic mass is 19.4. The first-order valence-corrected chi connectivity index (χ1v) is 6.60. The van der Waals surface area contributed by atoms with E-state index in [-0.39, 0.29) is 22.8 Å². The summed E-state index contributed by atoms with van der Waals surface area (Å²) in [5, 5.41) is 0. The molecule has 0 unspecified atom stereocenters. The molecule has 2 rings (SSSR count). The van der Waals surface area contributed by atoms with Crippen LogP contribution >= 0.6 is 0 Å². The van der Waals surface area contributed by atoms with Crippen molar-refractivity contribution >= 4 is 5.91 Å². The summed E-state index contributed by atoms with van der Waals surface area (Å²) in [4.78, 5) is 11.6. The summed E-state index contributed by atoms with van der Waals surface area (Å²) in [5.41, 5.74) is 2.08. The fourth-order valence-corrected chi connectivity index (χ4v) is 2.35. The number of hydrogen-bond acceptors (Lipinski definition) is 1. The van der Waals surface area contributed by atoms with E-state index >= 15 is 0 Å². The normalized spacial score (nSPS) is 12.3. The minimum atomic E-state index is -4.97. The Morgan fingerprint density at radius 1 is 0.917 bits per heavy atom. The van der Waals surface area contributed by atoms with E-state index in [1.807, 2.05) is 0 Å². The second kappa shape index (κ2) is 5.85. The molecule has 24 heavy (non-hydrogen) atoms. The maximum Gasteiger partial charge on any atom is 0.416 e. The molecule has 0 aliphatic heterocycles.